The van der Waals surface area contributed by atoms with E-state index in [1.165, 1.54) is 6.07 Å². The summed E-state index contributed by atoms with van der Waals surface area (Å²) < 4.78 is 12.9. The maximum atomic E-state index is 12.9. The molecule has 0 aliphatic carbocycles. The van der Waals surface area contributed by atoms with E-state index in [4.69, 9.17) is 5.73 Å². The van der Waals surface area contributed by atoms with Gasteiger partial charge in [-0.15, -0.1) is 0 Å². The second-order valence-corrected chi connectivity index (χ2v) is 3.13. The van der Waals surface area contributed by atoms with Crippen LogP contribution in [0.2, 0.25) is 0 Å². The van der Waals surface area contributed by atoms with Gasteiger partial charge in [-0.25, -0.2) is 4.39 Å². The molecule has 4 heteroatoms. The van der Waals surface area contributed by atoms with Gasteiger partial charge in [-0.05, 0) is 31.2 Å². The molecule has 0 spiro atoms. The molecule has 1 amide bonds. The lowest BCUT2D eigenvalue weighted by molar-refractivity contribution is -0.120. The van der Waals surface area contributed by atoms with Crippen molar-refractivity contribution in [3.63, 3.8) is 0 Å². The third-order valence-corrected chi connectivity index (χ3v) is 2.09. The third-order valence-electron chi connectivity index (χ3n) is 2.09. The van der Waals surface area contributed by atoms with Crippen molar-refractivity contribution in [3.8, 4) is 0 Å². The van der Waals surface area contributed by atoms with E-state index in [9.17, 15) is 9.18 Å². The van der Waals surface area contributed by atoms with Gasteiger partial charge in [0.15, 0.2) is 0 Å². The van der Waals surface area contributed by atoms with Crippen LogP contribution in [0.25, 0.3) is 0 Å². The Morgan fingerprint density at radius 2 is 2.21 bits per heavy atom. The molecule has 0 saturated heterocycles. The van der Waals surface area contributed by atoms with Gasteiger partial charge >= 0.3 is 0 Å². The lowest BCUT2D eigenvalue weighted by Crippen LogP contribution is -2.31. The Morgan fingerprint density at radius 1 is 1.57 bits per heavy atom. The molecule has 1 atom stereocenters. The SMILES string of the molecule is CNC(C(N)=O)c1ccc(F)c(C)c1. The number of likely N-dealkylation sites (N-methyl/N-ethyl adjacent to an activating group) is 1. The first kappa shape index (κ1) is 10.7. The van der Waals surface area contributed by atoms with Crippen molar-refractivity contribution >= 4 is 5.91 Å². The molecule has 0 radical (unpaired) electrons. The molecule has 76 valence electrons. The number of nitrogens with one attached hydrogen (secondary N) is 1. The molecule has 0 saturated carbocycles. The first-order valence-corrected chi connectivity index (χ1v) is 4.29. The summed E-state index contributed by atoms with van der Waals surface area (Å²) in [5.74, 6) is -0.758. The fraction of sp³-hybridized carbons (Fsp3) is 0.300. The van der Waals surface area contributed by atoms with Crippen LogP contribution < -0.4 is 11.1 Å². The minimum atomic E-state index is -0.561. The molecule has 0 aliphatic heterocycles. The molecule has 1 aromatic carbocycles. The lowest BCUT2D eigenvalue weighted by Gasteiger charge is -2.13. The maximum Gasteiger partial charge on any atom is 0.239 e. The van der Waals surface area contributed by atoms with Crippen LogP contribution in [0.3, 0.4) is 0 Å². The summed E-state index contributed by atoms with van der Waals surface area (Å²) in [6.07, 6.45) is 0. The fourth-order valence-corrected chi connectivity index (χ4v) is 1.32. The Morgan fingerprint density at radius 3 is 2.64 bits per heavy atom. The van der Waals surface area contributed by atoms with Crippen molar-refractivity contribution in [2.75, 3.05) is 7.05 Å². The van der Waals surface area contributed by atoms with Crippen molar-refractivity contribution in [2.45, 2.75) is 13.0 Å². The number of carbonyl (C=O) groups is 1. The summed E-state index contributed by atoms with van der Waals surface area (Å²) in [5.41, 5.74) is 6.36. The van der Waals surface area contributed by atoms with E-state index in [2.05, 4.69) is 5.32 Å². The number of hydrogen-bond acceptors (Lipinski definition) is 2. The largest absolute Gasteiger partial charge is 0.368 e. The summed E-state index contributed by atoms with van der Waals surface area (Å²) in [7, 11) is 1.63. The van der Waals surface area contributed by atoms with E-state index in [1.54, 1.807) is 26.1 Å². The Hall–Kier alpha value is -1.42. The molecule has 0 aliphatic rings. The topological polar surface area (TPSA) is 55.1 Å². The molecular formula is C10H13FN2O. The van der Waals surface area contributed by atoms with Crippen LogP contribution in [0.5, 0.6) is 0 Å². The zero-order valence-corrected chi connectivity index (χ0v) is 8.17. The number of aryl methyl sites for hydroxylation is 1. The highest BCUT2D eigenvalue weighted by Gasteiger charge is 2.15. The number of rotatable bonds is 3. The highest BCUT2D eigenvalue weighted by atomic mass is 19.1. The Balaban J connectivity index is 3.06. The summed E-state index contributed by atoms with van der Waals surface area (Å²) in [5, 5.41) is 2.77. The molecule has 3 nitrogen and oxygen atoms in total. The van der Waals surface area contributed by atoms with Gasteiger partial charge in [0.1, 0.15) is 11.9 Å². The smallest absolute Gasteiger partial charge is 0.239 e. The van der Waals surface area contributed by atoms with E-state index in [0.29, 0.717) is 11.1 Å². The number of benzene rings is 1. The number of amides is 1. The van der Waals surface area contributed by atoms with E-state index >= 15 is 0 Å². The summed E-state index contributed by atoms with van der Waals surface area (Å²) >= 11 is 0. The quantitative estimate of drug-likeness (QED) is 0.754. The third kappa shape index (κ3) is 2.09. The average molecular weight is 196 g/mol. The van der Waals surface area contributed by atoms with Crippen LogP contribution in [0, 0.1) is 12.7 Å². The second-order valence-electron chi connectivity index (χ2n) is 3.13. The number of halogens is 1. The minimum Gasteiger partial charge on any atom is -0.368 e. The molecule has 0 aromatic heterocycles. The van der Waals surface area contributed by atoms with Crippen molar-refractivity contribution in [1.29, 1.82) is 0 Å². The average Bonchev–Trinajstić information content (AvgIpc) is 2.11. The van der Waals surface area contributed by atoms with Crippen LogP contribution in [0.1, 0.15) is 17.2 Å². The minimum absolute atomic E-state index is 0.284. The normalized spacial score (nSPS) is 12.5. The number of hydrogen-bond donors (Lipinski definition) is 2. The number of nitrogens with two attached hydrogens (primary N) is 1. The van der Waals surface area contributed by atoms with Gasteiger partial charge in [-0.1, -0.05) is 12.1 Å². The molecule has 0 heterocycles. The first-order chi connectivity index (χ1) is 6.56. The van der Waals surface area contributed by atoms with Crippen molar-refractivity contribution < 1.29 is 9.18 Å². The molecule has 0 bridgehead atoms. The molecule has 1 unspecified atom stereocenters. The molecule has 1 aromatic rings. The molecule has 1 rings (SSSR count). The van der Waals surface area contributed by atoms with Gasteiger partial charge < -0.3 is 11.1 Å². The van der Waals surface area contributed by atoms with Crippen LogP contribution in [0.4, 0.5) is 4.39 Å². The van der Waals surface area contributed by atoms with E-state index in [0.717, 1.165) is 0 Å². The van der Waals surface area contributed by atoms with Crippen LogP contribution >= 0.6 is 0 Å². The van der Waals surface area contributed by atoms with Crippen LogP contribution in [-0.4, -0.2) is 13.0 Å². The summed E-state index contributed by atoms with van der Waals surface area (Å²) in [4.78, 5) is 11.0. The van der Waals surface area contributed by atoms with E-state index in [1.807, 2.05) is 0 Å². The summed E-state index contributed by atoms with van der Waals surface area (Å²) in [6, 6.07) is 3.93. The van der Waals surface area contributed by atoms with Gasteiger partial charge in [-0.3, -0.25) is 4.79 Å². The predicted octanol–water partition coefficient (Wildman–Crippen LogP) is 0.880. The molecule has 0 fully saturated rings. The molecular weight excluding hydrogens is 183 g/mol. The van der Waals surface area contributed by atoms with Crippen molar-refractivity contribution in [2.24, 2.45) is 5.73 Å². The zero-order chi connectivity index (χ0) is 10.7. The van der Waals surface area contributed by atoms with Gasteiger partial charge in [-0.2, -0.15) is 0 Å². The Bertz CT molecular complexity index is 352. The lowest BCUT2D eigenvalue weighted by atomic mass is 10.0. The van der Waals surface area contributed by atoms with Crippen LogP contribution in [-0.2, 0) is 4.79 Å². The van der Waals surface area contributed by atoms with Gasteiger partial charge in [0.25, 0.3) is 0 Å². The predicted molar refractivity (Wildman–Crippen MR) is 52.1 cm³/mol. The Labute approximate surface area is 82.1 Å². The molecule has 14 heavy (non-hydrogen) atoms. The number of carbonyl (C=O) groups excluding carboxylic acids is 1. The van der Waals surface area contributed by atoms with Crippen molar-refractivity contribution in [3.05, 3.63) is 35.1 Å². The highest BCUT2D eigenvalue weighted by Crippen LogP contribution is 2.15. The monoisotopic (exact) mass is 196 g/mol. The van der Waals surface area contributed by atoms with Crippen LogP contribution in [0.15, 0.2) is 18.2 Å². The Kier molecular flexibility index (Phi) is 3.19. The molecule has 3 N–H and O–H groups in total. The van der Waals surface area contributed by atoms with Gasteiger partial charge in [0.2, 0.25) is 5.91 Å². The van der Waals surface area contributed by atoms with Gasteiger partial charge in [0.05, 0.1) is 0 Å². The number of primary amides is 1. The second kappa shape index (κ2) is 4.19. The van der Waals surface area contributed by atoms with Crippen molar-refractivity contribution in [1.82, 2.24) is 5.32 Å². The first-order valence-electron chi connectivity index (χ1n) is 4.29. The standard InChI is InChI=1S/C10H13FN2O/c1-6-5-7(3-4-8(6)11)9(13-2)10(12)14/h3-5,9,13H,1-2H3,(H2,12,14). The zero-order valence-electron chi connectivity index (χ0n) is 8.17. The summed E-state index contributed by atoms with van der Waals surface area (Å²) in [6.45, 7) is 1.65. The maximum absolute atomic E-state index is 12.9. The van der Waals surface area contributed by atoms with Gasteiger partial charge in [0, 0.05) is 0 Å². The van der Waals surface area contributed by atoms with E-state index < -0.39 is 11.9 Å². The fourth-order valence-electron chi connectivity index (χ4n) is 1.32. The highest BCUT2D eigenvalue weighted by molar-refractivity contribution is 5.81. The van der Waals surface area contributed by atoms with E-state index in [-0.39, 0.29) is 5.82 Å².